The number of likely N-dealkylation sites (N-methyl/N-ethyl adjacent to an activating group) is 1. The number of urea groups is 2. The maximum atomic E-state index is 13.4. The summed E-state index contributed by atoms with van der Waals surface area (Å²) >= 11 is 0. The minimum Gasteiger partial charge on any atom is -0.496 e. The Bertz CT molecular complexity index is 1350. The monoisotopic (exact) mass is 603 g/mol. The first kappa shape index (κ1) is 31.7. The van der Waals surface area contributed by atoms with Gasteiger partial charge in [0.15, 0.2) is 0 Å². The average molecular weight is 604 g/mol. The van der Waals surface area contributed by atoms with E-state index in [4.69, 9.17) is 9.47 Å². The van der Waals surface area contributed by atoms with Crippen LogP contribution in [-0.2, 0) is 15.7 Å². The van der Waals surface area contributed by atoms with Crippen molar-refractivity contribution in [1.82, 2.24) is 20.0 Å². The number of hydrogen-bond acceptors (Lipinski definition) is 6. The van der Waals surface area contributed by atoms with Crippen molar-refractivity contribution in [1.29, 1.82) is 0 Å². The first-order valence-electron chi connectivity index (χ1n) is 14.1. The second-order valence-corrected chi connectivity index (χ2v) is 10.1. The van der Waals surface area contributed by atoms with Gasteiger partial charge in [0.1, 0.15) is 5.75 Å². The summed E-state index contributed by atoms with van der Waals surface area (Å²) in [4.78, 5) is 44.8. The van der Waals surface area contributed by atoms with Crippen molar-refractivity contribution in [3.8, 4) is 5.75 Å². The first-order chi connectivity index (χ1) is 20.6. The van der Waals surface area contributed by atoms with Gasteiger partial charge in [0.25, 0.3) is 0 Å². The van der Waals surface area contributed by atoms with Gasteiger partial charge in [-0.15, -0.1) is 0 Å². The van der Waals surface area contributed by atoms with E-state index in [2.05, 4.69) is 15.5 Å². The zero-order chi connectivity index (χ0) is 31.1. The van der Waals surface area contributed by atoms with Gasteiger partial charge in [-0.05, 0) is 50.6 Å². The molecular formula is C30H36F3N5O5. The number of alkyl halides is 3. The second-order valence-electron chi connectivity index (χ2n) is 10.1. The SMILES string of the molecule is CCOC(=O)C1=C(CN2CCCN(C(=O)Nc3ccc(C(F)(F)F)cc3)CC2)N(CC)C(=O)N[C@H]1c1ccccc1OC. The first-order valence-corrected chi connectivity index (χ1v) is 14.1. The number of rotatable bonds is 8. The normalized spacial score (nSPS) is 18.2. The molecule has 1 saturated heterocycles. The summed E-state index contributed by atoms with van der Waals surface area (Å²) in [5, 5.41) is 5.61. The molecule has 2 aliphatic rings. The quantitative estimate of drug-likeness (QED) is 0.418. The number of methoxy groups -OCH3 is 1. The summed E-state index contributed by atoms with van der Waals surface area (Å²) in [5.41, 5.74) is 0.921. The number of halogens is 3. The Morgan fingerprint density at radius 2 is 1.74 bits per heavy atom. The molecule has 0 saturated carbocycles. The molecule has 4 amide bonds. The minimum absolute atomic E-state index is 0.154. The highest BCUT2D eigenvalue weighted by atomic mass is 19.4. The Morgan fingerprint density at radius 3 is 2.40 bits per heavy atom. The van der Waals surface area contributed by atoms with Crippen LogP contribution in [0.15, 0.2) is 59.8 Å². The van der Waals surface area contributed by atoms with E-state index in [1.807, 2.05) is 6.92 Å². The maximum Gasteiger partial charge on any atom is 0.416 e. The maximum absolute atomic E-state index is 13.4. The van der Waals surface area contributed by atoms with E-state index in [9.17, 15) is 27.6 Å². The van der Waals surface area contributed by atoms with E-state index in [1.165, 1.54) is 24.1 Å². The number of carbonyl (C=O) groups is 3. The number of benzene rings is 2. The molecule has 10 nitrogen and oxygen atoms in total. The highest BCUT2D eigenvalue weighted by molar-refractivity contribution is 5.95. The van der Waals surface area contributed by atoms with Crippen LogP contribution in [0.5, 0.6) is 5.75 Å². The predicted molar refractivity (Wildman–Crippen MR) is 153 cm³/mol. The van der Waals surface area contributed by atoms with Gasteiger partial charge in [-0.3, -0.25) is 9.80 Å². The van der Waals surface area contributed by atoms with E-state index in [0.29, 0.717) is 61.7 Å². The van der Waals surface area contributed by atoms with Gasteiger partial charge in [0, 0.05) is 56.2 Å². The van der Waals surface area contributed by atoms with Crippen LogP contribution in [0.1, 0.15) is 37.4 Å². The Hall–Kier alpha value is -4.26. The molecule has 0 radical (unpaired) electrons. The predicted octanol–water partition coefficient (Wildman–Crippen LogP) is 4.86. The summed E-state index contributed by atoms with van der Waals surface area (Å²) in [5.74, 6) is -0.0254. The smallest absolute Gasteiger partial charge is 0.416 e. The fraction of sp³-hybridized carbons (Fsp3) is 0.433. The van der Waals surface area contributed by atoms with E-state index in [1.54, 1.807) is 36.1 Å². The number of nitrogens with zero attached hydrogens (tertiary/aromatic N) is 3. The summed E-state index contributed by atoms with van der Waals surface area (Å²) in [6.45, 7) is 6.06. The van der Waals surface area contributed by atoms with Gasteiger partial charge in [-0.1, -0.05) is 18.2 Å². The lowest BCUT2D eigenvalue weighted by Crippen LogP contribution is -2.51. The Morgan fingerprint density at radius 1 is 1.02 bits per heavy atom. The van der Waals surface area contributed by atoms with Gasteiger partial charge in [-0.2, -0.15) is 13.2 Å². The Kier molecular flexibility index (Phi) is 10.2. The van der Waals surface area contributed by atoms with Crippen LogP contribution >= 0.6 is 0 Å². The van der Waals surface area contributed by atoms with Gasteiger partial charge >= 0.3 is 24.2 Å². The van der Waals surface area contributed by atoms with Crippen molar-refractivity contribution in [2.45, 2.75) is 32.5 Å². The van der Waals surface area contributed by atoms with Crippen molar-refractivity contribution < 1.29 is 37.0 Å². The standard InChI is InChI=1S/C30H36F3N5O5/c1-4-38-23(25(27(39)43-5-2)26(35-29(38)41)22-9-6-7-10-24(22)42-3)19-36-15-8-16-37(18-17-36)28(40)34-21-13-11-20(12-14-21)30(31,32)33/h6-7,9-14,26H,4-5,8,15-19H2,1-3H3,(H,34,40)(H,35,41)/t26-/m0/s1. The summed E-state index contributed by atoms with van der Waals surface area (Å²) in [7, 11) is 1.52. The van der Waals surface area contributed by atoms with E-state index < -0.39 is 29.8 Å². The minimum atomic E-state index is -4.46. The third-order valence-electron chi connectivity index (χ3n) is 7.41. The molecule has 2 aliphatic heterocycles. The molecule has 43 heavy (non-hydrogen) atoms. The highest BCUT2D eigenvalue weighted by Gasteiger charge is 2.39. The molecule has 2 aromatic carbocycles. The molecule has 0 bridgehead atoms. The zero-order valence-electron chi connectivity index (χ0n) is 24.4. The van der Waals surface area contributed by atoms with Crippen LogP contribution in [0.2, 0.25) is 0 Å². The number of ether oxygens (including phenoxy) is 2. The molecule has 13 heteroatoms. The van der Waals surface area contributed by atoms with Crippen molar-refractivity contribution >= 4 is 23.7 Å². The molecule has 232 valence electrons. The van der Waals surface area contributed by atoms with E-state index >= 15 is 0 Å². The molecule has 0 spiro atoms. The average Bonchev–Trinajstić information content (AvgIpc) is 3.22. The molecule has 0 aromatic heterocycles. The molecule has 4 rings (SSSR count). The van der Waals surface area contributed by atoms with Crippen molar-refractivity contribution in [2.24, 2.45) is 0 Å². The van der Waals surface area contributed by atoms with E-state index in [0.717, 1.165) is 12.1 Å². The number of carbonyl (C=O) groups excluding carboxylic acids is 3. The van der Waals surface area contributed by atoms with Crippen LogP contribution < -0.4 is 15.4 Å². The number of amides is 4. The van der Waals surface area contributed by atoms with Crippen molar-refractivity contribution in [2.75, 3.05) is 58.3 Å². The zero-order valence-corrected chi connectivity index (χ0v) is 24.4. The lowest BCUT2D eigenvalue weighted by Gasteiger charge is -2.38. The third-order valence-corrected chi connectivity index (χ3v) is 7.41. The summed E-state index contributed by atoms with van der Waals surface area (Å²) in [6, 6.07) is 9.88. The lowest BCUT2D eigenvalue weighted by atomic mass is 9.93. The van der Waals surface area contributed by atoms with Gasteiger partial charge < -0.3 is 25.0 Å². The molecule has 2 aromatic rings. The molecule has 1 atom stereocenters. The van der Waals surface area contributed by atoms with Gasteiger partial charge in [-0.25, -0.2) is 14.4 Å². The molecule has 2 N–H and O–H groups in total. The van der Waals surface area contributed by atoms with E-state index in [-0.39, 0.29) is 24.9 Å². The molecule has 1 fully saturated rings. The molecular weight excluding hydrogens is 567 g/mol. The van der Waals surface area contributed by atoms with Crippen molar-refractivity contribution in [3.05, 3.63) is 70.9 Å². The Labute approximate surface area is 248 Å². The largest absolute Gasteiger partial charge is 0.496 e. The topological polar surface area (TPSA) is 103 Å². The highest BCUT2D eigenvalue weighted by Crippen LogP contribution is 2.36. The number of para-hydroxylation sites is 1. The molecule has 0 unspecified atom stereocenters. The van der Waals surface area contributed by atoms with Crippen LogP contribution in [0, 0.1) is 0 Å². The fourth-order valence-electron chi connectivity index (χ4n) is 5.28. The fourth-order valence-corrected chi connectivity index (χ4v) is 5.28. The van der Waals surface area contributed by atoms with Gasteiger partial charge in [0.05, 0.1) is 30.9 Å². The number of anilines is 1. The third kappa shape index (κ3) is 7.39. The van der Waals surface area contributed by atoms with Gasteiger partial charge in [0.2, 0.25) is 0 Å². The lowest BCUT2D eigenvalue weighted by molar-refractivity contribution is -0.139. The van der Waals surface area contributed by atoms with Crippen LogP contribution in [0.3, 0.4) is 0 Å². The van der Waals surface area contributed by atoms with Crippen LogP contribution in [0.4, 0.5) is 28.4 Å². The van der Waals surface area contributed by atoms with Crippen LogP contribution in [-0.4, -0.2) is 85.7 Å². The number of hydrogen-bond donors (Lipinski definition) is 2. The number of esters is 1. The second kappa shape index (κ2) is 13.8. The number of nitrogens with one attached hydrogen (secondary N) is 2. The van der Waals surface area contributed by atoms with Crippen LogP contribution in [0.25, 0.3) is 0 Å². The molecule has 0 aliphatic carbocycles. The Balaban J connectivity index is 1.55. The molecule has 2 heterocycles. The summed E-state index contributed by atoms with van der Waals surface area (Å²) in [6.07, 6.45) is -3.85. The summed E-state index contributed by atoms with van der Waals surface area (Å²) < 4.78 is 49.6. The van der Waals surface area contributed by atoms with Crippen molar-refractivity contribution in [3.63, 3.8) is 0 Å².